The van der Waals surface area contributed by atoms with Gasteiger partial charge in [0.2, 0.25) is 0 Å². The molecule has 1 aliphatic carbocycles. The Hall–Kier alpha value is -1.07. The Morgan fingerprint density at radius 2 is 2.25 bits per heavy atom. The largest absolute Gasteiger partial charge is 0.482 e. The lowest BCUT2D eigenvalue weighted by atomic mass is 10.2. The zero-order valence-electron chi connectivity index (χ0n) is 12.0. The number of carbonyl (C=O) groups is 1. The van der Waals surface area contributed by atoms with Crippen molar-refractivity contribution >= 4 is 21.8 Å². The van der Waals surface area contributed by atoms with E-state index in [9.17, 15) is 4.79 Å². The van der Waals surface area contributed by atoms with E-state index in [1.54, 1.807) is 4.90 Å². The molecule has 2 rings (SSSR count). The predicted molar refractivity (Wildman–Crippen MR) is 82.8 cm³/mol. The highest BCUT2D eigenvalue weighted by Gasteiger charge is 2.29. The summed E-state index contributed by atoms with van der Waals surface area (Å²) in [6.45, 7) is 3.79. The van der Waals surface area contributed by atoms with Crippen LogP contribution in [0.4, 0.5) is 0 Å². The van der Waals surface area contributed by atoms with Gasteiger partial charge in [-0.2, -0.15) is 0 Å². The van der Waals surface area contributed by atoms with Crippen LogP contribution in [0.2, 0.25) is 0 Å². The van der Waals surface area contributed by atoms with Crippen molar-refractivity contribution < 1.29 is 9.53 Å². The highest BCUT2D eigenvalue weighted by Crippen LogP contribution is 2.30. The van der Waals surface area contributed by atoms with Gasteiger partial charge in [-0.15, -0.1) is 0 Å². The van der Waals surface area contributed by atoms with Crippen LogP contribution in [0.1, 0.15) is 25.3 Å². The molecule has 5 heteroatoms. The van der Waals surface area contributed by atoms with Crippen molar-refractivity contribution in [3.05, 3.63) is 28.2 Å². The minimum atomic E-state index is 0.0395. The van der Waals surface area contributed by atoms with E-state index in [-0.39, 0.29) is 12.5 Å². The van der Waals surface area contributed by atoms with Crippen LogP contribution in [0.3, 0.4) is 0 Å². The molecule has 0 atom stereocenters. The van der Waals surface area contributed by atoms with E-state index in [1.807, 2.05) is 25.2 Å². The lowest BCUT2D eigenvalue weighted by Crippen LogP contribution is -2.33. The standard InChI is InChI=1S/C15H21BrN2O2/c1-3-17-9-11-5-4-6-13(16)15(11)20-10-14(19)18(2)12-7-8-12/h4-6,12,17H,3,7-10H2,1-2H3. The lowest BCUT2D eigenvalue weighted by molar-refractivity contribution is -0.132. The highest BCUT2D eigenvalue weighted by atomic mass is 79.9. The SMILES string of the molecule is CCNCc1cccc(Br)c1OCC(=O)N(C)C1CC1. The Balaban J connectivity index is 1.98. The van der Waals surface area contributed by atoms with Crippen molar-refractivity contribution in [1.29, 1.82) is 0 Å². The summed E-state index contributed by atoms with van der Waals surface area (Å²) in [4.78, 5) is 13.8. The molecule has 0 unspecified atom stereocenters. The van der Waals surface area contributed by atoms with E-state index < -0.39 is 0 Å². The first kappa shape index (κ1) is 15.3. The number of amides is 1. The summed E-state index contributed by atoms with van der Waals surface area (Å²) in [6.07, 6.45) is 2.23. The number of benzene rings is 1. The summed E-state index contributed by atoms with van der Waals surface area (Å²) in [5.74, 6) is 0.795. The molecule has 4 nitrogen and oxygen atoms in total. The second-order valence-electron chi connectivity index (χ2n) is 5.03. The average Bonchev–Trinajstić information content (AvgIpc) is 3.27. The number of hydrogen-bond acceptors (Lipinski definition) is 3. The fraction of sp³-hybridized carbons (Fsp3) is 0.533. The van der Waals surface area contributed by atoms with Crippen molar-refractivity contribution in [3.8, 4) is 5.75 Å². The lowest BCUT2D eigenvalue weighted by Gasteiger charge is -2.18. The fourth-order valence-corrected chi connectivity index (χ4v) is 2.54. The summed E-state index contributed by atoms with van der Waals surface area (Å²) >= 11 is 3.49. The van der Waals surface area contributed by atoms with Gasteiger partial charge in [0, 0.05) is 25.2 Å². The summed E-state index contributed by atoms with van der Waals surface area (Å²) in [5.41, 5.74) is 1.06. The molecule has 1 N–H and O–H groups in total. The number of hydrogen-bond donors (Lipinski definition) is 1. The Kier molecular flexibility index (Phi) is 5.43. The van der Waals surface area contributed by atoms with Crippen LogP contribution in [0.25, 0.3) is 0 Å². The number of nitrogens with one attached hydrogen (secondary N) is 1. The molecule has 0 bridgehead atoms. The zero-order valence-corrected chi connectivity index (χ0v) is 13.6. The van der Waals surface area contributed by atoms with Gasteiger partial charge in [0.15, 0.2) is 6.61 Å². The van der Waals surface area contributed by atoms with Gasteiger partial charge in [-0.1, -0.05) is 19.1 Å². The van der Waals surface area contributed by atoms with Crippen LogP contribution < -0.4 is 10.1 Å². The van der Waals surface area contributed by atoms with E-state index in [1.165, 1.54) is 0 Å². The van der Waals surface area contributed by atoms with Crippen LogP contribution in [-0.4, -0.2) is 37.0 Å². The molecule has 1 amide bonds. The van der Waals surface area contributed by atoms with Crippen LogP contribution in [0.5, 0.6) is 5.75 Å². The fourth-order valence-electron chi connectivity index (χ4n) is 2.02. The quantitative estimate of drug-likeness (QED) is 0.829. The molecule has 0 aliphatic heterocycles. The number of halogens is 1. The third-order valence-electron chi connectivity index (χ3n) is 3.44. The number of para-hydroxylation sites is 1. The van der Waals surface area contributed by atoms with Crippen LogP contribution in [0.15, 0.2) is 22.7 Å². The van der Waals surface area contributed by atoms with Crippen LogP contribution in [0, 0.1) is 0 Å². The smallest absolute Gasteiger partial charge is 0.260 e. The molecule has 0 aromatic heterocycles. The van der Waals surface area contributed by atoms with E-state index in [0.29, 0.717) is 6.04 Å². The normalized spacial score (nSPS) is 14.2. The molecule has 1 aliphatic rings. The average molecular weight is 341 g/mol. The molecule has 0 spiro atoms. The molecule has 0 saturated heterocycles. The molecule has 110 valence electrons. The Morgan fingerprint density at radius 1 is 1.50 bits per heavy atom. The molecule has 0 radical (unpaired) electrons. The maximum Gasteiger partial charge on any atom is 0.260 e. The first-order valence-electron chi connectivity index (χ1n) is 7.00. The van der Waals surface area contributed by atoms with Crippen LogP contribution >= 0.6 is 15.9 Å². The van der Waals surface area contributed by atoms with Gasteiger partial charge in [0.25, 0.3) is 5.91 Å². The molecule has 1 aromatic carbocycles. The summed E-state index contributed by atoms with van der Waals surface area (Å²) in [6, 6.07) is 6.34. The molecule has 1 fully saturated rings. The Labute approximate surface area is 128 Å². The van der Waals surface area contributed by atoms with Gasteiger partial charge in [0.05, 0.1) is 4.47 Å². The molecular formula is C15H21BrN2O2. The summed E-state index contributed by atoms with van der Waals surface area (Å²) < 4.78 is 6.63. The Bertz CT molecular complexity index is 475. The first-order chi connectivity index (χ1) is 9.63. The van der Waals surface area contributed by atoms with Crippen LogP contribution in [-0.2, 0) is 11.3 Å². The van der Waals surface area contributed by atoms with Crippen molar-refractivity contribution in [2.45, 2.75) is 32.4 Å². The van der Waals surface area contributed by atoms with Gasteiger partial charge in [-0.25, -0.2) is 0 Å². The number of rotatable bonds is 7. The van der Waals surface area contributed by atoms with Gasteiger partial charge in [-0.05, 0) is 41.4 Å². The number of nitrogens with zero attached hydrogens (tertiary/aromatic N) is 1. The minimum absolute atomic E-state index is 0.0395. The number of likely N-dealkylation sites (N-methyl/N-ethyl adjacent to an activating group) is 1. The predicted octanol–water partition coefficient (Wildman–Crippen LogP) is 2.56. The molecular weight excluding hydrogens is 320 g/mol. The second-order valence-corrected chi connectivity index (χ2v) is 5.89. The Morgan fingerprint density at radius 3 is 2.90 bits per heavy atom. The topological polar surface area (TPSA) is 41.6 Å². The third kappa shape index (κ3) is 3.96. The van der Waals surface area contributed by atoms with E-state index >= 15 is 0 Å². The van der Waals surface area contributed by atoms with Crippen molar-refractivity contribution in [3.63, 3.8) is 0 Å². The number of ether oxygens (including phenoxy) is 1. The maximum atomic E-state index is 12.0. The van der Waals surface area contributed by atoms with Gasteiger partial charge < -0.3 is 15.0 Å². The van der Waals surface area contributed by atoms with Gasteiger partial charge >= 0.3 is 0 Å². The van der Waals surface area contributed by atoms with E-state index in [4.69, 9.17) is 4.74 Å². The zero-order chi connectivity index (χ0) is 14.5. The molecule has 20 heavy (non-hydrogen) atoms. The second kappa shape index (κ2) is 7.09. The molecule has 1 aromatic rings. The van der Waals surface area contributed by atoms with Crippen molar-refractivity contribution in [2.24, 2.45) is 0 Å². The molecule has 0 heterocycles. The van der Waals surface area contributed by atoms with Gasteiger partial charge in [-0.3, -0.25) is 4.79 Å². The molecule has 1 saturated carbocycles. The first-order valence-corrected chi connectivity index (χ1v) is 7.79. The van der Waals surface area contributed by atoms with E-state index in [2.05, 4.69) is 28.2 Å². The number of carbonyl (C=O) groups excluding carboxylic acids is 1. The van der Waals surface area contributed by atoms with E-state index in [0.717, 1.165) is 41.7 Å². The highest BCUT2D eigenvalue weighted by molar-refractivity contribution is 9.10. The van der Waals surface area contributed by atoms with Crippen molar-refractivity contribution in [1.82, 2.24) is 10.2 Å². The van der Waals surface area contributed by atoms with Crippen molar-refractivity contribution in [2.75, 3.05) is 20.2 Å². The minimum Gasteiger partial charge on any atom is -0.482 e. The summed E-state index contributed by atoms with van der Waals surface area (Å²) in [7, 11) is 1.85. The maximum absolute atomic E-state index is 12.0. The third-order valence-corrected chi connectivity index (χ3v) is 4.07. The monoisotopic (exact) mass is 340 g/mol. The summed E-state index contributed by atoms with van der Waals surface area (Å²) in [5, 5.41) is 3.27. The van der Waals surface area contributed by atoms with Gasteiger partial charge in [0.1, 0.15) is 5.75 Å².